The van der Waals surface area contributed by atoms with E-state index in [0.717, 1.165) is 0 Å². The Balaban J connectivity index is 0.000000142. The summed E-state index contributed by atoms with van der Waals surface area (Å²) < 4.78 is 0.471. The van der Waals surface area contributed by atoms with Crippen molar-refractivity contribution < 1.29 is 59.4 Å². The maximum absolute atomic E-state index is 12.6. The van der Waals surface area contributed by atoms with Crippen molar-refractivity contribution in [3.8, 4) is 34.5 Å². The molecule has 0 unspecified atom stereocenters. The normalized spacial score (nSPS) is 13.0. The second-order valence-electron chi connectivity index (χ2n) is 14.2. The highest BCUT2D eigenvalue weighted by Crippen LogP contribution is 2.46. The van der Waals surface area contributed by atoms with E-state index in [9.17, 15) is 59.4 Å². The van der Waals surface area contributed by atoms with Crippen LogP contribution in [0.15, 0.2) is 63.5 Å². The van der Waals surface area contributed by atoms with Gasteiger partial charge in [0, 0.05) is 32.9 Å². The summed E-state index contributed by atoms with van der Waals surface area (Å²) in [6.07, 6.45) is 0. The summed E-state index contributed by atoms with van der Waals surface area (Å²) >= 11 is 6.17. The minimum absolute atomic E-state index is 0.0219. The van der Waals surface area contributed by atoms with Crippen LogP contribution in [0.1, 0.15) is 101 Å². The zero-order chi connectivity index (χ0) is 46.4. The van der Waals surface area contributed by atoms with Crippen LogP contribution in [0, 0.1) is 6.92 Å². The summed E-state index contributed by atoms with van der Waals surface area (Å²) in [4.78, 5) is 75.4. The topological polar surface area (TPSA) is 380 Å². The van der Waals surface area contributed by atoms with Gasteiger partial charge in [0.25, 0.3) is 0 Å². The van der Waals surface area contributed by atoms with Crippen LogP contribution in [0.25, 0.3) is 0 Å². The van der Waals surface area contributed by atoms with E-state index >= 15 is 0 Å². The van der Waals surface area contributed by atoms with Crippen molar-refractivity contribution >= 4 is 101 Å². The monoisotopic (exact) mass is 980 g/mol. The number of anilines is 6. The predicted octanol–water partition coefficient (Wildman–Crippen LogP) is 4.95. The molecule has 18 N–H and O–H groups in total. The largest absolute Gasteiger partial charge is 0.507 e. The Morgan fingerprint density at radius 1 is 0.349 bits per heavy atom. The molecule has 20 heteroatoms. The Hall–Kier alpha value is -8.10. The number of aromatic hydroxyl groups is 6. The molecule has 3 aliphatic carbocycles. The number of phenolic OH excluding ortho intramolecular Hbond substituents is 6. The van der Waals surface area contributed by atoms with Crippen molar-refractivity contribution in [3.05, 3.63) is 136 Å². The molecule has 0 heterocycles. The fourth-order valence-electron chi connectivity index (χ4n) is 7.54. The van der Waals surface area contributed by atoms with Gasteiger partial charge in [-0.2, -0.15) is 0 Å². The molecule has 18 nitrogen and oxygen atoms in total. The van der Waals surface area contributed by atoms with Gasteiger partial charge in [0.05, 0.1) is 76.9 Å². The molecule has 0 saturated heterocycles. The van der Waals surface area contributed by atoms with Gasteiger partial charge < -0.3 is 65.0 Å². The number of carbonyl (C=O) groups excluding carboxylic acids is 6. The summed E-state index contributed by atoms with van der Waals surface area (Å²) in [7, 11) is 0. The van der Waals surface area contributed by atoms with Crippen molar-refractivity contribution in [2.24, 2.45) is 0 Å². The first-order chi connectivity index (χ1) is 29.5. The molecule has 0 fully saturated rings. The molecule has 0 atom stereocenters. The van der Waals surface area contributed by atoms with Crippen molar-refractivity contribution in [3.63, 3.8) is 0 Å². The van der Waals surface area contributed by atoms with Crippen LogP contribution in [0.5, 0.6) is 34.5 Å². The van der Waals surface area contributed by atoms with Crippen LogP contribution in [-0.2, 0) is 0 Å². The summed E-state index contributed by atoms with van der Waals surface area (Å²) in [6, 6.07) is 11.7. The van der Waals surface area contributed by atoms with E-state index < -0.39 is 40.4 Å². The number of nitrogens with two attached hydrogens (primary N) is 6. The molecule has 6 aromatic carbocycles. The van der Waals surface area contributed by atoms with Crippen molar-refractivity contribution in [2.45, 2.75) is 6.92 Å². The number of benzene rings is 6. The van der Waals surface area contributed by atoms with Gasteiger partial charge >= 0.3 is 0 Å². The van der Waals surface area contributed by atoms with Gasteiger partial charge in [0.15, 0.2) is 5.78 Å². The standard InChI is InChI=1S/C15H12N2O4.2C14H9BrN2O4/c1-5-4-7(17)10-12(13(5)19)15(21)9-6(16)2-3-8(18)11(9)14(10)20;15-4-3-6(17)9-11(12(4)19)14(21)10-7(18)2-1-5(16)8(10)13(9)20;15-4-3-7(19)10-11(12(4)17)14(21)9-6(18)2-1-5(16)8(9)13(10)20/h2-4,18-19H,16-17H2,1H3;2*1-3,18-19H,16-17H2. The maximum Gasteiger partial charge on any atom is 0.202 e. The molecule has 9 rings (SSSR count). The quantitative estimate of drug-likeness (QED) is 0.0706. The van der Waals surface area contributed by atoms with E-state index in [1.165, 1.54) is 54.6 Å². The van der Waals surface area contributed by atoms with E-state index in [0.29, 0.717) is 5.56 Å². The number of halogens is 2. The van der Waals surface area contributed by atoms with Gasteiger partial charge in [-0.1, -0.05) is 0 Å². The summed E-state index contributed by atoms with van der Waals surface area (Å²) in [5.41, 5.74) is 33.5. The third kappa shape index (κ3) is 6.38. The summed E-state index contributed by atoms with van der Waals surface area (Å²) in [5, 5.41) is 59.8. The molecule has 0 aliphatic heterocycles. The zero-order valence-electron chi connectivity index (χ0n) is 32.0. The van der Waals surface area contributed by atoms with Crippen molar-refractivity contribution in [1.82, 2.24) is 0 Å². The van der Waals surface area contributed by atoms with Gasteiger partial charge in [-0.3, -0.25) is 28.8 Å². The average Bonchev–Trinajstić information content (AvgIpc) is 3.22. The molecule has 0 bridgehead atoms. The second-order valence-corrected chi connectivity index (χ2v) is 15.9. The van der Waals surface area contributed by atoms with E-state index in [4.69, 9.17) is 34.4 Å². The predicted molar refractivity (Wildman–Crippen MR) is 236 cm³/mol. The SMILES string of the molecule is Cc1cc(N)c2c(c1O)C(=O)c1c(N)ccc(O)c1C2=O.Nc1ccc(O)c2c1C(=O)c1c(N)cc(Br)c(O)c1C2=O.Nc1ccc(O)c2c1C(=O)c1c(O)cc(Br)c(N)c1C2=O. The highest BCUT2D eigenvalue weighted by molar-refractivity contribution is 9.11. The first-order valence-electron chi connectivity index (χ1n) is 17.9. The third-order valence-corrected chi connectivity index (χ3v) is 11.7. The van der Waals surface area contributed by atoms with Gasteiger partial charge in [0.1, 0.15) is 34.5 Å². The molecule has 0 spiro atoms. The number of phenols is 6. The number of rotatable bonds is 0. The van der Waals surface area contributed by atoms with Crippen LogP contribution in [0.4, 0.5) is 34.1 Å². The molecular weight excluding hydrogens is 952 g/mol. The number of carbonyl (C=O) groups is 6. The number of ketones is 6. The first-order valence-corrected chi connectivity index (χ1v) is 19.5. The molecule has 318 valence electrons. The molecule has 0 saturated carbocycles. The lowest BCUT2D eigenvalue weighted by atomic mass is 9.80. The number of aryl methyl sites for hydroxylation is 1. The Labute approximate surface area is 370 Å². The van der Waals surface area contributed by atoms with Crippen LogP contribution in [0.2, 0.25) is 0 Å². The first kappa shape index (κ1) is 43.0. The van der Waals surface area contributed by atoms with Crippen molar-refractivity contribution in [1.29, 1.82) is 0 Å². The molecule has 0 amide bonds. The van der Waals surface area contributed by atoms with E-state index in [2.05, 4.69) is 31.9 Å². The Kier molecular flexibility index (Phi) is 10.3. The van der Waals surface area contributed by atoms with Gasteiger partial charge in [-0.05, 0) is 98.9 Å². The fraction of sp³-hybridized carbons (Fsp3) is 0.0233. The Morgan fingerprint density at radius 3 is 1.11 bits per heavy atom. The van der Waals surface area contributed by atoms with Crippen LogP contribution < -0.4 is 34.4 Å². The highest BCUT2D eigenvalue weighted by Gasteiger charge is 2.40. The highest BCUT2D eigenvalue weighted by atomic mass is 79.9. The lowest BCUT2D eigenvalue weighted by molar-refractivity contribution is 0.0975. The fourth-order valence-corrected chi connectivity index (χ4v) is 8.40. The van der Waals surface area contributed by atoms with Crippen LogP contribution in [0.3, 0.4) is 0 Å². The summed E-state index contributed by atoms with van der Waals surface area (Å²) in [6.45, 7) is 1.57. The van der Waals surface area contributed by atoms with Gasteiger partial charge in [-0.15, -0.1) is 0 Å². The molecule has 3 aliphatic rings. The Morgan fingerprint density at radius 2 is 0.667 bits per heavy atom. The minimum atomic E-state index is -0.699. The van der Waals surface area contributed by atoms with E-state index in [1.807, 2.05) is 0 Å². The summed E-state index contributed by atoms with van der Waals surface area (Å²) in [5.74, 6) is -6.01. The number of nitrogen functional groups attached to an aromatic ring is 6. The van der Waals surface area contributed by atoms with E-state index in [1.54, 1.807) is 6.92 Å². The molecule has 0 aromatic heterocycles. The van der Waals surface area contributed by atoms with Crippen LogP contribution >= 0.6 is 31.9 Å². The van der Waals surface area contributed by atoms with Gasteiger partial charge in [-0.25, -0.2) is 0 Å². The van der Waals surface area contributed by atoms with E-state index in [-0.39, 0.29) is 139 Å². The average molecular weight is 983 g/mol. The zero-order valence-corrected chi connectivity index (χ0v) is 35.2. The van der Waals surface area contributed by atoms with Crippen molar-refractivity contribution in [2.75, 3.05) is 34.4 Å². The molecule has 63 heavy (non-hydrogen) atoms. The number of fused-ring (bicyclic) bond motifs is 6. The number of hydrogen-bond donors (Lipinski definition) is 12. The van der Waals surface area contributed by atoms with Crippen LogP contribution in [-0.4, -0.2) is 65.3 Å². The third-order valence-electron chi connectivity index (χ3n) is 10.5. The Bertz CT molecular complexity index is 2870. The smallest absolute Gasteiger partial charge is 0.202 e. The molecular formula is C43H30Br2N6O12. The van der Waals surface area contributed by atoms with Gasteiger partial charge in [0.2, 0.25) is 28.9 Å². The maximum atomic E-state index is 12.6. The lowest BCUT2D eigenvalue weighted by Gasteiger charge is -2.22. The number of hydrogen-bond acceptors (Lipinski definition) is 18. The minimum Gasteiger partial charge on any atom is -0.507 e. The second kappa shape index (κ2) is 15.1. The molecule has 0 radical (unpaired) electrons. The molecule has 6 aromatic rings. The lowest BCUT2D eigenvalue weighted by Crippen LogP contribution is -2.24.